The molecule has 0 radical (unpaired) electrons. The molecule has 0 spiro atoms. The summed E-state index contributed by atoms with van der Waals surface area (Å²) in [6, 6.07) is 1.38. The Bertz CT molecular complexity index is 422. The molecule has 0 saturated carbocycles. The van der Waals surface area contributed by atoms with Crippen molar-refractivity contribution in [3.05, 3.63) is 34.6 Å². The molecule has 0 fully saturated rings. The molecule has 1 aromatic rings. The number of aromatic nitrogens is 1. The lowest BCUT2D eigenvalue weighted by Crippen LogP contribution is -2.12. The lowest BCUT2D eigenvalue weighted by atomic mass is 10.2. The summed E-state index contributed by atoms with van der Waals surface area (Å²) in [6.45, 7) is 3.59. The van der Waals surface area contributed by atoms with E-state index in [2.05, 4.69) is 11.6 Å². The topological polar surface area (TPSA) is 65.2 Å². The number of anilines is 1. The zero-order valence-corrected chi connectivity index (χ0v) is 9.88. The molecule has 0 aliphatic heterocycles. The molecule has 1 heterocycles. The van der Waals surface area contributed by atoms with Gasteiger partial charge in [0, 0.05) is 0 Å². The van der Waals surface area contributed by atoms with Gasteiger partial charge in [-0.15, -0.1) is 6.58 Å². The Kier molecular flexibility index (Phi) is 4.73. The first-order valence-corrected chi connectivity index (χ1v) is 5.15. The average molecular weight is 261 g/mol. The highest BCUT2D eigenvalue weighted by Crippen LogP contribution is 2.25. The van der Waals surface area contributed by atoms with Crippen molar-refractivity contribution in [2.24, 2.45) is 0 Å². The van der Waals surface area contributed by atoms with E-state index < -0.39 is 0 Å². The molecule has 0 amide bonds. The fraction of sp³-hybridized carbons (Fsp3) is 0.200. The molecule has 0 aliphatic rings. The molecule has 16 heavy (non-hydrogen) atoms. The second-order valence-electron chi connectivity index (χ2n) is 2.92. The number of carbonyl (C=O) groups is 1. The second kappa shape index (κ2) is 5.84. The molecule has 0 aromatic carbocycles. The summed E-state index contributed by atoms with van der Waals surface area (Å²) in [5.41, 5.74) is 5.79. The zero-order valence-electron chi connectivity index (χ0n) is 8.37. The minimum absolute atomic E-state index is 0.0238. The minimum atomic E-state index is -0.374. The minimum Gasteiger partial charge on any atom is -0.397 e. The van der Waals surface area contributed by atoms with Crippen molar-refractivity contribution in [1.82, 2.24) is 4.98 Å². The van der Waals surface area contributed by atoms with E-state index in [4.69, 9.17) is 33.7 Å². The number of nitrogens with two attached hydrogens (primary N) is 1. The van der Waals surface area contributed by atoms with E-state index in [1.54, 1.807) is 0 Å². The van der Waals surface area contributed by atoms with E-state index >= 15 is 0 Å². The van der Waals surface area contributed by atoms with Gasteiger partial charge in [-0.1, -0.05) is 29.3 Å². The van der Waals surface area contributed by atoms with E-state index in [-0.39, 0.29) is 40.6 Å². The quantitative estimate of drug-likeness (QED) is 0.382. The summed E-state index contributed by atoms with van der Waals surface area (Å²) in [5.74, 6) is -0.374. The van der Waals surface area contributed by atoms with Crippen LogP contribution >= 0.6 is 23.2 Å². The van der Waals surface area contributed by atoms with Gasteiger partial charge in [0.25, 0.3) is 0 Å². The van der Waals surface area contributed by atoms with Crippen LogP contribution < -0.4 is 5.73 Å². The normalized spacial score (nSPS) is 10.1. The molecule has 0 bridgehead atoms. The SMILES string of the molecule is C=CCOCC(=O)c1nc(Cl)cc(N)c1Cl. The van der Waals surface area contributed by atoms with Crippen molar-refractivity contribution in [2.45, 2.75) is 0 Å². The Balaban J connectivity index is 2.86. The van der Waals surface area contributed by atoms with Crippen LogP contribution in [0.1, 0.15) is 10.5 Å². The Hall–Kier alpha value is -1.10. The first-order valence-electron chi connectivity index (χ1n) is 4.39. The number of ketones is 1. The molecule has 1 aromatic heterocycles. The van der Waals surface area contributed by atoms with Crippen LogP contribution in [0, 0.1) is 0 Å². The summed E-state index contributed by atoms with van der Waals surface area (Å²) in [7, 11) is 0. The second-order valence-corrected chi connectivity index (χ2v) is 3.69. The van der Waals surface area contributed by atoms with Gasteiger partial charge in [-0.05, 0) is 6.07 Å². The van der Waals surface area contributed by atoms with Crippen LogP contribution in [0.3, 0.4) is 0 Å². The number of rotatable bonds is 5. The van der Waals surface area contributed by atoms with Gasteiger partial charge < -0.3 is 10.5 Å². The fourth-order valence-electron chi connectivity index (χ4n) is 1.00. The molecule has 86 valence electrons. The number of pyridine rings is 1. The standard InChI is InChI=1S/C10H10Cl2N2O2/c1-2-3-16-5-7(15)10-9(12)6(13)4-8(11)14-10/h2,4H,1,3,5H2,(H2,13,14). The third-order valence-electron chi connectivity index (χ3n) is 1.69. The Labute approximate surface area is 103 Å². The van der Waals surface area contributed by atoms with Crippen LogP contribution in [0.25, 0.3) is 0 Å². The number of hydrogen-bond acceptors (Lipinski definition) is 4. The van der Waals surface area contributed by atoms with Crippen LogP contribution in [-0.4, -0.2) is 24.0 Å². The monoisotopic (exact) mass is 260 g/mol. The first-order chi connectivity index (χ1) is 7.56. The number of Topliss-reactive ketones (excluding diaryl/α,β-unsaturated/α-hetero) is 1. The van der Waals surface area contributed by atoms with Crippen molar-refractivity contribution in [1.29, 1.82) is 0 Å². The number of hydrogen-bond donors (Lipinski definition) is 1. The van der Waals surface area contributed by atoms with Crippen LogP contribution in [0.5, 0.6) is 0 Å². The van der Waals surface area contributed by atoms with Crippen LogP contribution in [0.4, 0.5) is 5.69 Å². The number of carbonyl (C=O) groups excluding carboxylic acids is 1. The molecular weight excluding hydrogens is 251 g/mol. The van der Waals surface area contributed by atoms with Gasteiger partial charge in [-0.2, -0.15) is 0 Å². The Morgan fingerprint density at radius 2 is 2.31 bits per heavy atom. The highest BCUT2D eigenvalue weighted by molar-refractivity contribution is 6.37. The maximum Gasteiger partial charge on any atom is 0.208 e. The molecule has 2 N–H and O–H groups in total. The number of nitrogen functional groups attached to an aromatic ring is 1. The Morgan fingerprint density at radius 1 is 1.62 bits per heavy atom. The third-order valence-corrected chi connectivity index (χ3v) is 2.28. The fourth-order valence-corrected chi connectivity index (χ4v) is 1.41. The zero-order chi connectivity index (χ0) is 12.1. The molecular formula is C10H10Cl2N2O2. The number of nitrogens with zero attached hydrogens (tertiary/aromatic N) is 1. The van der Waals surface area contributed by atoms with Crippen LogP contribution in [-0.2, 0) is 4.74 Å². The van der Waals surface area contributed by atoms with Gasteiger partial charge in [0.2, 0.25) is 5.78 Å². The van der Waals surface area contributed by atoms with Crippen LogP contribution in [0.2, 0.25) is 10.2 Å². The molecule has 0 aliphatic carbocycles. The first kappa shape index (κ1) is 13.0. The van der Waals surface area contributed by atoms with Crippen molar-refractivity contribution in [3.63, 3.8) is 0 Å². The van der Waals surface area contributed by atoms with E-state index in [0.717, 1.165) is 0 Å². The highest BCUT2D eigenvalue weighted by atomic mass is 35.5. The van der Waals surface area contributed by atoms with Gasteiger partial charge in [0.05, 0.1) is 17.3 Å². The van der Waals surface area contributed by atoms with E-state index in [9.17, 15) is 4.79 Å². The summed E-state index contributed by atoms with van der Waals surface area (Å²) >= 11 is 11.5. The highest BCUT2D eigenvalue weighted by Gasteiger charge is 2.15. The van der Waals surface area contributed by atoms with Crippen molar-refractivity contribution in [3.8, 4) is 0 Å². The van der Waals surface area contributed by atoms with Crippen molar-refractivity contribution < 1.29 is 9.53 Å². The average Bonchev–Trinajstić information content (AvgIpc) is 2.23. The smallest absolute Gasteiger partial charge is 0.208 e. The Morgan fingerprint density at radius 3 is 2.94 bits per heavy atom. The van der Waals surface area contributed by atoms with Gasteiger partial charge in [0.1, 0.15) is 17.5 Å². The molecule has 6 heteroatoms. The molecule has 0 atom stereocenters. The molecule has 0 saturated heterocycles. The van der Waals surface area contributed by atoms with Gasteiger partial charge in [-0.25, -0.2) is 4.98 Å². The predicted molar refractivity (Wildman–Crippen MR) is 64.0 cm³/mol. The van der Waals surface area contributed by atoms with E-state index in [0.29, 0.717) is 0 Å². The van der Waals surface area contributed by atoms with E-state index in [1.165, 1.54) is 12.1 Å². The number of ether oxygens (including phenoxy) is 1. The van der Waals surface area contributed by atoms with Gasteiger partial charge in [-0.3, -0.25) is 4.79 Å². The molecule has 1 rings (SSSR count). The molecule has 4 nitrogen and oxygen atoms in total. The summed E-state index contributed by atoms with van der Waals surface area (Å²) in [4.78, 5) is 15.4. The van der Waals surface area contributed by atoms with Crippen molar-refractivity contribution >= 4 is 34.7 Å². The van der Waals surface area contributed by atoms with Crippen LogP contribution in [0.15, 0.2) is 18.7 Å². The van der Waals surface area contributed by atoms with Crippen molar-refractivity contribution in [2.75, 3.05) is 18.9 Å². The predicted octanol–water partition coefficient (Wildman–Crippen LogP) is 2.36. The summed E-state index contributed by atoms with van der Waals surface area (Å²) < 4.78 is 4.98. The number of halogens is 2. The summed E-state index contributed by atoms with van der Waals surface area (Å²) in [6.07, 6.45) is 1.54. The summed E-state index contributed by atoms with van der Waals surface area (Å²) in [5, 5.41) is 0.213. The van der Waals surface area contributed by atoms with Gasteiger partial charge >= 0.3 is 0 Å². The largest absolute Gasteiger partial charge is 0.397 e. The maximum absolute atomic E-state index is 11.6. The van der Waals surface area contributed by atoms with E-state index in [1.807, 2.05) is 0 Å². The lowest BCUT2D eigenvalue weighted by molar-refractivity contribution is 0.0801. The third kappa shape index (κ3) is 3.20. The lowest BCUT2D eigenvalue weighted by Gasteiger charge is -2.05. The maximum atomic E-state index is 11.6. The van der Waals surface area contributed by atoms with Gasteiger partial charge in [0.15, 0.2) is 0 Å². The molecule has 0 unspecified atom stereocenters.